The topological polar surface area (TPSA) is 72.4 Å². The second kappa shape index (κ2) is 8.65. The van der Waals surface area contributed by atoms with Crippen LogP contribution >= 0.6 is 11.8 Å². The van der Waals surface area contributed by atoms with Gasteiger partial charge < -0.3 is 9.64 Å². The van der Waals surface area contributed by atoms with Crippen LogP contribution < -0.4 is 0 Å². The molecule has 1 saturated heterocycles. The van der Waals surface area contributed by atoms with Gasteiger partial charge in [0.25, 0.3) is 0 Å². The van der Waals surface area contributed by atoms with Crippen LogP contribution in [0.5, 0.6) is 0 Å². The van der Waals surface area contributed by atoms with E-state index < -0.39 is 0 Å². The number of thioether (sulfide) groups is 1. The largest absolute Gasteiger partial charge is 0.466 e. The van der Waals surface area contributed by atoms with Crippen molar-refractivity contribution in [2.45, 2.75) is 57.9 Å². The Morgan fingerprint density at radius 2 is 1.76 bits per heavy atom. The maximum absolute atomic E-state index is 12.7. The second-order valence-electron chi connectivity index (χ2n) is 6.41. The van der Waals surface area contributed by atoms with Crippen LogP contribution in [-0.2, 0) is 14.3 Å². The summed E-state index contributed by atoms with van der Waals surface area (Å²) in [4.78, 5) is 35.3. The fourth-order valence-electron chi connectivity index (χ4n) is 2.86. The molecule has 0 saturated carbocycles. The molecule has 0 radical (unpaired) electrons. The number of hydrogen-bond acceptors (Lipinski definition) is 6. The lowest BCUT2D eigenvalue weighted by Crippen LogP contribution is -2.43. The van der Waals surface area contributed by atoms with Gasteiger partial charge in [-0.05, 0) is 53.0 Å². The number of ether oxygens (including phenoxy) is 1. The van der Waals surface area contributed by atoms with Gasteiger partial charge in [-0.3, -0.25) is 9.59 Å². The molecule has 1 unspecified atom stereocenters. The van der Waals surface area contributed by atoms with Crippen LogP contribution in [0, 0.1) is 26.7 Å². The third-order valence-electron chi connectivity index (χ3n) is 4.67. The van der Waals surface area contributed by atoms with Crippen LogP contribution in [0.15, 0.2) is 5.16 Å². The number of hydrogen-bond donors (Lipinski definition) is 0. The van der Waals surface area contributed by atoms with Gasteiger partial charge in [-0.25, -0.2) is 9.97 Å². The monoisotopic (exact) mass is 365 g/mol. The van der Waals surface area contributed by atoms with Gasteiger partial charge in [0.15, 0.2) is 5.16 Å². The molecule has 1 aromatic heterocycles. The maximum Gasteiger partial charge on any atom is 0.309 e. The first-order valence-corrected chi connectivity index (χ1v) is 9.65. The van der Waals surface area contributed by atoms with Gasteiger partial charge >= 0.3 is 5.97 Å². The van der Waals surface area contributed by atoms with Crippen molar-refractivity contribution in [2.75, 3.05) is 19.7 Å². The van der Waals surface area contributed by atoms with E-state index in [4.69, 9.17) is 4.74 Å². The number of piperidine rings is 1. The number of aryl methyl sites for hydroxylation is 2. The number of rotatable bonds is 5. The molecule has 1 aromatic rings. The van der Waals surface area contributed by atoms with Crippen molar-refractivity contribution in [2.24, 2.45) is 5.92 Å². The fourth-order valence-corrected chi connectivity index (χ4v) is 3.80. The van der Waals surface area contributed by atoms with Crippen LogP contribution in [0.2, 0.25) is 0 Å². The van der Waals surface area contributed by atoms with E-state index in [-0.39, 0.29) is 23.0 Å². The second-order valence-corrected chi connectivity index (χ2v) is 7.72. The summed E-state index contributed by atoms with van der Waals surface area (Å²) >= 11 is 1.39. The molecule has 7 heteroatoms. The third kappa shape index (κ3) is 4.93. The normalized spacial score (nSPS) is 16.6. The van der Waals surface area contributed by atoms with Crippen LogP contribution in [0.1, 0.15) is 43.6 Å². The van der Waals surface area contributed by atoms with E-state index >= 15 is 0 Å². The van der Waals surface area contributed by atoms with Crippen molar-refractivity contribution in [3.8, 4) is 0 Å². The molecule has 138 valence electrons. The minimum Gasteiger partial charge on any atom is -0.466 e. The van der Waals surface area contributed by atoms with Gasteiger partial charge in [-0.1, -0.05) is 11.8 Å². The first-order valence-electron chi connectivity index (χ1n) is 8.77. The standard InChI is InChI=1S/C18H27N3O3S/c1-6-24-17(23)15-7-9-21(10-8-15)16(22)14(5)25-18-19-12(3)11(2)13(4)20-18/h14-15H,6-10H2,1-5H3. The summed E-state index contributed by atoms with van der Waals surface area (Å²) in [5.74, 6) is -0.152. The Morgan fingerprint density at radius 3 is 2.28 bits per heavy atom. The molecule has 0 N–H and O–H groups in total. The number of likely N-dealkylation sites (tertiary alicyclic amines) is 1. The van der Waals surface area contributed by atoms with E-state index in [1.165, 1.54) is 11.8 Å². The number of amides is 1. The van der Waals surface area contributed by atoms with Gasteiger partial charge in [0.05, 0.1) is 17.8 Å². The molecule has 0 aromatic carbocycles. The lowest BCUT2D eigenvalue weighted by atomic mass is 9.97. The van der Waals surface area contributed by atoms with E-state index in [0.717, 1.165) is 17.0 Å². The molecule has 1 amide bonds. The molecule has 0 bridgehead atoms. The van der Waals surface area contributed by atoms with Crippen LogP contribution in [0.25, 0.3) is 0 Å². The van der Waals surface area contributed by atoms with Crippen molar-refractivity contribution in [1.29, 1.82) is 0 Å². The van der Waals surface area contributed by atoms with Crippen LogP contribution in [0.4, 0.5) is 0 Å². The SMILES string of the molecule is CCOC(=O)C1CCN(C(=O)C(C)Sc2nc(C)c(C)c(C)n2)CC1. The van der Waals surface area contributed by atoms with Gasteiger partial charge in [0.1, 0.15) is 0 Å². The maximum atomic E-state index is 12.7. The summed E-state index contributed by atoms with van der Waals surface area (Å²) in [6, 6.07) is 0. The van der Waals surface area contributed by atoms with E-state index in [0.29, 0.717) is 37.7 Å². The summed E-state index contributed by atoms with van der Waals surface area (Å²) in [5.41, 5.74) is 2.99. The predicted molar refractivity (Wildman–Crippen MR) is 97.5 cm³/mol. The smallest absolute Gasteiger partial charge is 0.309 e. The van der Waals surface area contributed by atoms with Crippen LogP contribution in [-0.4, -0.2) is 51.7 Å². The average Bonchev–Trinajstić information content (AvgIpc) is 2.59. The number of nitrogens with zero attached hydrogens (tertiary/aromatic N) is 3. The quantitative estimate of drug-likeness (QED) is 0.454. The highest BCUT2D eigenvalue weighted by atomic mass is 32.2. The molecular weight excluding hydrogens is 338 g/mol. The van der Waals surface area contributed by atoms with Gasteiger partial charge in [-0.15, -0.1) is 0 Å². The Labute approximate surface area is 153 Å². The van der Waals surface area contributed by atoms with E-state index in [9.17, 15) is 9.59 Å². The third-order valence-corrected chi connectivity index (χ3v) is 5.62. The molecule has 1 aliphatic rings. The summed E-state index contributed by atoms with van der Waals surface area (Å²) < 4.78 is 5.07. The van der Waals surface area contributed by atoms with Gasteiger partial charge in [-0.2, -0.15) is 0 Å². The van der Waals surface area contributed by atoms with Crippen molar-refractivity contribution < 1.29 is 14.3 Å². The molecule has 1 atom stereocenters. The molecule has 25 heavy (non-hydrogen) atoms. The zero-order chi connectivity index (χ0) is 18.6. The van der Waals surface area contributed by atoms with Crippen molar-refractivity contribution in [3.63, 3.8) is 0 Å². The number of aromatic nitrogens is 2. The molecule has 0 aliphatic carbocycles. The molecule has 1 fully saturated rings. The summed E-state index contributed by atoms with van der Waals surface area (Å²) in [6.45, 7) is 11.2. The summed E-state index contributed by atoms with van der Waals surface area (Å²) in [6.07, 6.45) is 1.34. The Hall–Kier alpha value is -1.63. The van der Waals surface area contributed by atoms with E-state index in [1.54, 1.807) is 0 Å². The number of carbonyl (C=O) groups is 2. The Morgan fingerprint density at radius 1 is 1.20 bits per heavy atom. The molecular formula is C18H27N3O3S. The fraction of sp³-hybridized carbons (Fsp3) is 0.667. The first kappa shape index (κ1) is 19.7. The lowest BCUT2D eigenvalue weighted by Gasteiger charge is -2.32. The highest BCUT2D eigenvalue weighted by Gasteiger charge is 2.30. The van der Waals surface area contributed by atoms with Gasteiger partial charge in [0.2, 0.25) is 5.91 Å². The van der Waals surface area contributed by atoms with Crippen molar-refractivity contribution in [3.05, 3.63) is 17.0 Å². The molecule has 0 spiro atoms. The molecule has 2 rings (SSSR count). The molecule has 1 aliphatic heterocycles. The highest BCUT2D eigenvalue weighted by molar-refractivity contribution is 8.00. The van der Waals surface area contributed by atoms with Crippen molar-refractivity contribution >= 4 is 23.6 Å². The zero-order valence-electron chi connectivity index (χ0n) is 15.7. The van der Waals surface area contributed by atoms with Crippen molar-refractivity contribution in [1.82, 2.24) is 14.9 Å². The van der Waals surface area contributed by atoms with Gasteiger partial charge in [0, 0.05) is 24.5 Å². The first-order chi connectivity index (χ1) is 11.8. The molecule has 2 heterocycles. The predicted octanol–water partition coefficient (Wildman–Crippen LogP) is 2.68. The Balaban J connectivity index is 1.92. The summed E-state index contributed by atoms with van der Waals surface area (Å²) in [5, 5.41) is 0.392. The number of esters is 1. The van der Waals surface area contributed by atoms with E-state index in [1.807, 2.05) is 39.5 Å². The highest BCUT2D eigenvalue weighted by Crippen LogP contribution is 2.25. The minimum atomic E-state index is -0.249. The number of carbonyl (C=O) groups excluding carboxylic acids is 2. The zero-order valence-corrected chi connectivity index (χ0v) is 16.5. The van der Waals surface area contributed by atoms with E-state index in [2.05, 4.69) is 9.97 Å². The summed E-state index contributed by atoms with van der Waals surface area (Å²) in [7, 11) is 0. The minimum absolute atomic E-state index is 0.0757. The lowest BCUT2D eigenvalue weighted by molar-refractivity contribution is -0.151. The van der Waals surface area contributed by atoms with Crippen LogP contribution in [0.3, 0.4) is 0 Å². The average molecular weight is 365 g/mol. The molecule has 6 nitrogen and oxygen atoms in total. The Bertz CT molecular complexity index is 619. The Kier molecular flexibility index (Phi) is 6.81.